The smallest absolute Gasteiger partial charge is 0.0808 e. The molecule has 0 N–H and O–H groups in total. The Labute approximate surface area is 132 Å². The predicted octanol–water partition coefficient (Wildman–Crippen LogP) is 6.67. The molecule has 0 aromatic carbocycles. The van der Waals surface area contributed by atoms with Crippen molar-refractivity contribution < 1.29 is 0 Å². The molecule has 2 aliphatic rings. The van der Waals surface area contributed by atoms with E-state index in [1.807, 2.05) is 0 Å². The van der Waals surface area contributed by atoms with Crippen LogP contribution in [0.1, 0.15) is 65.2 Å². The van der Waals surface area contributed by atoms with Gasteiger partial charge in [0.2, 0.25) is 0 Å². The Morgan fingerprint density at radius 2 is 1.19 bits per heavy atom. The summed E-state index contributed by atoms with van der Waals surface area (Å²) in [6, 6.07) is 0. The van der Waals surface area contributed by atoms with Crippen molar-refractivity contribution in [1.82, 2.24) is 0 Å². The van der Waals surface area contributed by atoms with E-state index in [2.05, 4.69) is 51.2 Å². The fourth-order valence-corrected chi connectivity index (χ4v) is 7.39. The number of hydrogen-bond acceptors (Lipinski definition) is 0. The minimum Gasteiger partial charge on any atom is -0.0808 e. The Kier molecular flexibility index (Phi) is 5.86. The summed E-state index contributed by atoms with van der Waals surface area (Å²) in [6.07, 6.45) is 20.3. The van der Waals surface area contributed by atoms with Crippen LogP contribution in [0.15, 0.2) is 45.8 Å². The average molecular weight is 301 g/mol. The van der Waals surface area contributed by atoms with Crippen LogP contribution in [0.3, 0.4) is 0 Å². The van der Waals surface area contributed by atoms with Gasteiger partial charge in [0.05, 0.1) is 0 Å². The lowest BCUT2D eigenvalue weighted by Crippen LogP contribution is -2.33. The molecule has 2 rings (SSSR count). The molecule has 0 aliphatic heterocycles. The molecule has 0 radical (unpaired) electrons. The molecular weight excluding hydrogens is 268 g/mol. The third-order valence-electron chi connectivity index (χ3n) is 5.01. The molecule has 0 aromatic heterocycles. The summed E-state index contributed by atoms with van der Waals surface area (Å²) >= 11 is 0. The van der Waals surface area contributed by atoms with Crippen LogP contribution in [-0.4, -0.2) is 8.07 Å². The topological polar surface area (TPSA) is 0 Å². The van der Waals surface area contributed by atoms with E-state index in [4.69, 9.17) is 0 Å². The summed E-state index contributed by atoms with van der Waals surface area (Å²) in [4.78, 5) is 0. The maximum Gasteiger partial charge on any atom is 0.112 e. The highest BCUT2D eigenvalue weighted by molar-refractivity contribution is 6.92. The third-order valence-corrected chi connectivity index (χ3v) is 8.75. The first-order valence-corrected chi connectivity index (χ1v) is 11.9. The highest BCUT2D eigenvalue weighted by atomic mass is 28.3. The molecule has 0 saturated carbocycles. The fourth-order valence-electron chi connectivity index (χ4n) is 3.79. The largest absolute Gasteiger partial charge is 0.112 e. The van der Waals surface area contributed by atoms with Crippen LogP contribution in [0.2, 0.25) is 13.1 Å². The van der Waals surface area contributed by atoms with Gasteiger partial charge in [0.1, 0.15) is 8.07 Å². The SMILES string of the molecule is CCCCC1=CCC=C1[Si](C)(C)C1=CCC=C1CCCC. The molecular formula is C20H32Si. The zero-order valence-electron chi connectivity index (χ0n) is 14.5. The first-order chi connectivity index (χ1) is 10.1. The number of unbranched alkanes of at least 4 members (excludes halogenated alkanes) is 2. The third kappa shape index (κ3) is 3.69. The summed E-state index contributed by atoms with van der Waals surface area (Å²) < 4.78 is 0. The minimum atomic E-state index is -1.48. The van der Waals surface area contributed by atoms with Gasteiger partial charge in [-0.05, 0) is 38.5 Å². The van der Waals surface area contributed by atoms with Crippen LogP contribution < -0.4 is 0 Å². The predicted molar refractivity (Wildman–Crippen MR) is 98.1 cm³/mol. The van der Waals surface area contributed by atoms with Gasteiger partial charge >= 0.3 is 0 Å². The molecule has 0 bridgehead atoms. The molecule has 0 heterocycles. The van der Waals surface area contributed by atoms with Gasteiger partial charge in [-0.3, -0.25) is 0 Å². The molecule has 0 atom stereocenters. The fraction of sp³-hybridized carbons (Fsp3) is 0.600. The lowest BCUT2D eigenvalue weighted by molar-refractivity contribution is 0.793. The van der Waals surface area contributed by atoms with Crippen molar-refractivity contribution in [1.29, 1.82) is 0 Å². The van der Waals surface area contributed by atoms with E-state index in [9.17, 15) is 0 Å². The van der Waals surface area contributed by atoms with Crippen molar-refractivity contribution in [2.24, 2.45) is 0 Å². The number of allylic oxidation sites excluding steroid dienone is 8. The van der Waals surface area contributed by atoms with Crippen molar-refractivity contribution in [3.8, 4) is 0 Å². The van der Waals surface area contributed by atoms with Crippen LogP contribution in [0.5, 0.6) is 0 Å². The van der Waals surface area contributed by atoms with E-state index in [1.54, 1.807) is 21.5 Å². The van der Waals surface area contributed by atoms with E-state index in [0.29, 0.717) is 0 Å². The van der Waals surface area contributed by atoms with Crippen LogP contribution >= 0.6 is 0 Å². The van der Waals surface area contributed by atoms with E-state index in [0.717, 1.165) is 0 Å². The molecule has 0 fully saturated rings. The van der Waals surface area contributed by atoms with Crippen LogP contribution in [0.25, 0.3) is 0 Å². The van der Waals surface area contributed by atoms with Gasteiger partial charge < -0.3 is 0 Å². The summed E-state index contributed by atoms with van der Waals surface area (Å²) in [7, 11) is -1.48. The lowest BCUT2D eigenvalue weighted by atomic mass is 10.1. The molecule has 21 heavy (non-hydrogen) atoms. The first-order valence-electron chi connectivity index (χ1n) is 8.91. The second kappa shape index (κ2) is 7.44. The molecule has 0 unspecified atom stereocenters. The Balaban J connectivity index is 2.14. The van der Waals surface area contributed by atoms with Crippen LogP contribution in [0.4, 0.5) is 0 Å². The summed E-state index contributed by atoms with van der Waals surface area (Å²) in [5.41, 5.74) is 3.35. The maximum atomic E-state index is 2.57. The molecule has 0 nitrogen and oxygen atoms in total. The Morgan fingerprint density at radius 1 is 0.762 bits per heavy atom. The lowest BCUT2D eigenvalue weighted by Gasteiger charge is -2.30. The monoisotopic (exact) mass is 300 g/mol. The normalized spacial score (nSPS) is 18.5. The zero-order chi connectivity index (χ0) is 15.3. The van der Waals surface area contributed by atoms with E-state index < -0.39 is 8.07 Å². The van der Waals surface area contributed by atoms with Crippen molar-refractivity contribution in [3.05, 3.63) is 45.8 Å². The van der Waals surface area contributed by atoms with Crippen molar-refractivity contribution >= 4 is 8.07 Å². The van der Waals surface area contributed by atoms with Crippen molar-refractivity contribution in [2.75, 3.05) is 0 Å². The number of rotatable bonds is 8. The zero-order valence-corrected chi connectivity index (χ0v) is 15.5. The first kappa shape index (κ1) is 16.5. The van der Waals surface area contributed by atoms with Gasteiger partial charge in [0.15, 0.2) is 0 Å². The van der Waals surface area contributed by atoms with Crippen LogP contribution in [0, 0.1) is 0 Å². The quantitative estimate of drug-likeness (QED) is 0.439. The summed E-state index contributed by atoms with van der Waals surface area (Å²) in [6.45, 7) is 9.74. The molecule has 0 aromatic rings. The second-order valence-electron chi connectivity index (χ2n) is 7.00. The number of hydrogen-bond donors (Lipinski definition) is 0. The highest BCUT2D eigenvalue weighted by Gasteiger charge is 2.35. The van der Waals surface area contributed by atoms with E-state index in [1.165, 1.54) is 51.4 Å². The molecule has 0 amide bonds. The van der Waals surface area contributed by atoms with Gasteiger partial charge in [-0.15, -0.1) is 0 Å². The highest BCUT2D eigenvalue weighted by Crippen LogP contribution is 2.40. The van der Waals surface area contributed by atoms with Gasteiger partial charge in [0, 0.05) is 0 Å². The standard InChI is InChI=1S/C20H32Si/c1-5-7-11-17-13-9-15-19(17)21(3,4)20-16-10-14-18(20)12-8-6-2/h13-16H,5-12H2,1-4H3. The molecule has 116 valence electrons. The van der Waals surface area contributed by atoms with Gasteiger partial charge in [-0.2, -0.15) is 0 Å². The minimum absolute atomic E-state index is 1.17. The summed E-state index contributed by atoms with van der Waals surface area (Å²) in [5.74, 6) is 0. The average Bonchev–Trinajstić information content (AvgIpc) is 3.11. The molecule has 0 saturated heterocycles. The van der Waals surface area contributed by atoms with E-state index in [-0.39, 0.29) is 0 Å². The Hall–Kier alpha value is -0.823. The van der Waals surface area contributed by atoms with Gasteiger partial charge in [-0.25, -0.2) is 0 Å². The van der Waals surface area contributed by atoms with E-state index >= 15 is 0 Å². The second-order valence-corrected chi connectivity index (χ2v) is 11.3. The van der Waals surface area contributed by atoms with Crippen molar-refractivity contribution in [3.63, 3.8) is 0 Å². The Bertz CT molecular complexity index is 442. The molecule has 1 heteroatoms. The Morgan fingerprint density at radius 3 is 1.57 bits per heavy atom. The van der Waals surface area contributed by atoms with Crippen molar-refractivity contribution in [2.45, 2.75) is 78.3 Å². The maximum absolute atomic E-state index is 2.57. The molecule has 0 spiro atoms. The van der Waals surface area contributed by atoms with Crippen LogP contribution in [-0.2, 0) is 0 Å². The van der Waals surface area contributed by atoms with Gasteiger partial charge in [0.25, 0.3) is 0 Å². The summed E-state index contributed by atoms with van der Waals surface area (Å²) in [5, 5.41) is 3.48. The van der Waals surface area contributed by atoms with Gasteiger partial charge in [-0.1, -0.05) is 85.6 Å². The molecule has 2 aliphatic carbocycles.